The van der Waals surface area contributed by atoms with Crippen LogP contribution in [0, 0.1) is 0 Å². The van der Waals surface area contributed by atoms with Gasteiger partial charge in [0.15, 0.2) is 0 Å². The Balaban J connectivity index is 2.14. The highest BCUT2D eigenvalue weighted by molar-refractivity contribution is 6.44. The molecule has 5 nitrogen and oxygen atoms in total. The van der Waals surface area contributed by atoms with Gasteiger partial charge in [-0.15, -0.1) is 0 Å². The van der Waals surface area contributed by atoms with Gasteiger partial charge in [0.1, 0.15) is 5.75 Å². The maximum atomic E-state index is 13.4. The van der Waals surface area contributed by atoms with Gasteiger partial charge < -0.3 is 14.8 Å². The summed E-state index contributed by atoms with van der Waals surface area (Å²) in [4.78, 5) is 14.2. The number of nitrogens with one attached hydrogen (secondary N) is 1. The molecule has 0 radical (unpaired) electrons. The van der Waals surface area contributed by atoms with Crippen LogP contribution in [0.3, 0.4) is 0 Å². The Morgan fingerprint density at radius 1 is 1.10 bits per heavy atom. The molecule has 0 saturated heterocycles. The predicted octanol–water partition coefficient (Wildman–Crippen LogP) is 6.52. The van der Waals surface area contributed by atoms with Crippen molar-refractivity contribution in [1.82, 2.24) is 0 Å². The highest BCUT2D eigenvalue weighted by atomic mass is 35.5. The van der Waals surface area contributed by atoms with Gasteiger partial charge in [-0.1, -0.05) is 46.9 Å². The van der Waals surface area contributed by atoms with Crippen LogP contribution in [-0.4, -0.2) is 29.0 Å². The van der Waals surface area contributed by atoms with E-state index in [0.29, 0.717) is 16.3 Å². The summed E-state index contributed by atoms with van der Waals surface area (Å²) in [6.45, 7) is 3.57. The monoisotopic (exact) mass is 464 g/mol. The Kier molecular flexibility index (Phi) is 8.07. The molecule has 1 N–H and O–H groups in total. The van der Waals surface area contributed by atoms with Crippen molar-refractivity contribution in [3.05, 3.63) is 59.1 Å². The van der Waals surface area contributed by atoms with E-state index in [4.69, 9.17) is 39.5 Å². The van der Waals surface area contributed by atoms with Crippen LogP contribution in [-0.2, 0) is 4.74 Å². The lowest BCUT2D eigenvalue weighted by Gasteiger charge is -2.18. The average Bonchev–Trinajstić information content (AvgIpc) is 2.62. The minimum absolute atomic E-state index is 0.0537. The van der Waals surface area contributed by atoms with Crippen LogP contribution in [0.2, 0.25) is 5.02 Å². The van der Waals surface area contributed by atoms with Crippen molar-refractivity contribution in [2.24, 2.45) is 4.99 Å². The number of carbonyl (C=O) groups excluding carboxylic acids is 1. The zero-order chi connectivity index (χ0) is 21.6. The lowest BCUT2D eigenvalue weighted by atomic mass is 10.2. The number of hydrogen-bond donors (Lipinski definition) is 1. The highest BCUT2D eigenvalue weighted by Gasteiger charge is 2.40. The lowest BCUT2D eigenvalue weighted by molar-refractivity contribution is -0.163. The molecule has 2 aromatic rings. The molecule has 10 heteroatoms. The van der Waals surface area contributed by atoms with E-state index < -0.39 is 17.0 Å². The molecule has 0 saturated carbocycles. The molecule has 0 bridgehead atoms. The standard InChI is InChI=1S/C19H17Cl3F2N2O3/c1-11(2)28-16(14-5-3-4-6-15(14)20)26-18(27)25-12-7-9-13(10-8-12)29-19(23,24)17(21)22/h3-11,17H,1-2H3,(H,25,27). The summed E-state index contributed by atoms with van der Waals surface area (Å²) in [6.07, 6.45) is -4.00. The summed E-state index contributed by atoms with van der Waals surface area (Å²) in [5.41, 5.74) is 0.756. The summed E-state index contributed by atoms with van der Waals surface area (Å²) in [6, 6.07) is 11.2. The second-order valence-corrected chi connectivity index (χ2v) is 7.49. The van der Waals surface area contributed by atoms with Gasteiger partial charge >= 0.3 is 12.1 Å². The van der Waals surface area contributed by atoms with Crippen LogP contribution in [0.5, 0.6) is 5.75 Å². The molecule has 0 aliphatic carbocycles. The number of amides is 2. The number of halogens is 5. The predicted molar refractivity (Wildman–Crippen MR) is 111 cm³/mol. The summed E-state index contributed by atoms with van der Waals surface area (Å²) in [5, 5.41) is 2.88. The number of anilines is 1. The van der Waals surface area contributed by atoms with Crippen LogP contribution in [0.25, 0.3) is 0 Å². The molecule has 156 valence electrons. The van der Waals surface area contributed by atoms with Crippen LogP contribution in [0.4, 0.5) is 19.3 Å². The van der Waals surface area contributed by atoms with Crippen molar-refractivity contribution < 1.29 is 23.0 Å². The molecule has 0 unspecified atom stereocenters. The summed E-state index contributed by atoms with van der Waals surface area (Å²) < 4.78 is 36.8. The second-order valence-electron chi connectivity index (χ2n) is 5.98. The first kappa shape index (κ1) is 23.2. The number of rotatable bonds is 6. The molecule has 0 fully saturated rings. The Hall–Kier alpha value is -2.09. The van der Waals surface area contributed by atoms with E-state index in [-0.39, 0.29) is 17.8 Å². The van der Waals surface area contributed by atoms with E-state index in [9.17, 15) is 13.6 Å². The molecule has 2 rings (SSSR count). The maximum absolute atomic E-state index is 13.4. The smallest absolute Gasteiger partial charge is 0.428 e. The second kappa shape index (κ2) is 10.1. The first-order valence-corrected chi connectivity index (χ1v) is 9.60. The zero-order valence-corrected chi connectivity index (χ0v) is 17.6. The number of nitrogens with zero attached hydrogens (tertiary/aromatic N) is 1. The number of aliphatic imine (C=N–C) groups is 1. The van der Waals surface area contributed by atoms with Crippen LogP contribution in [0.1, 0.15) is 19.4 Å². The van der Waals surface area contributed by atoms with E-state index in [0.717, 1.165) is 0 Å². The van der Waals surface area contributed by atoms with Gasteiger partial charge in [-0.05, 0) is 50.2 Å². The molecular weight excluding hydrogens is 449 g/mol. The van der Waals surface area contributed by atoms with Gasteiger partial charge in [0.25, 0.3) is 0 Å². The SMILES string of the molecule is CC(C)OC(=NC(=O)Nc1ccc(OC(F)(F)C(Cl)Cl)cc1)c1ccccc1Cl. The molecule has 0 aliphatic heterocycles. The Labute approximate surface area is 181 Å². The molecule has 2 amide bonds. The first-order valence-electron chi connectivity index (χ1n) is 8.34. The highest BCUT2D eigenvalue weighted by Crippen LogP contribution is 2.30. The fraction of sp³-hybridized carbons (Fsp3) is 0.263. The third-order valence-electron chi connectivity index (χ3n) is 3.27. The molecule has 2 aromatic carbocycles. The number of alkyl halides is 4. The molecule has 0 spiro atoms. The third kappa shape index (κ3) is 7.03. The molecule has 0 aromatic heterocycles. The van der Waals surface area contributed by atoms with Gasteiger partial charge in [-0.2, -0.15) is 13.8 Å². The number of carbonyl (C=O) groups is 1. The van der Waals surface area contributed by atoms with E-state index in [2.05, 4.69) is 15.0 Å². The maximum Gasteiger partial charge on any atom is 0.428 e. The lowest BCUT2D eigenvalue weighted by Crippen LogP contribution is -2.32. The fourth-order valence-corrected chi connectivity index (χ4v) is 2.37. The minimum atomic E-state index is -3.75. The fourth-order valence-electron chi connectivity index (χ4n) is 2.06. The minimum Gasteiger partial charge on any atom is -0.474 e. The average molecular weight is 466 g/mol. The number of hydrogen-bond acceptors (Lipinski definition) is 3. The van der Waals surface area contributed by atoms with Gasteiger partial charge in [0.05, 0.1) is 16.7 Å². The third-order valence-corrected chi connectivity index (χ3v) is 4.11. The van der Waals surface area contributed by atoms with Crippen molar-refractivity contribution in [2.45, 2.75) is 30.9 Å². The summed E-state index contributed by atoms with van der Waals surface area (Å²) in [7, 11) is 0. The van der Waals surface area contributed by atoms with Gasteiger partial charge in [0.2, 0.25) is 10.7 Å². The molecule has 0 aliphatic rings. The van der Waals surface area contributed by atoms with Gasteiger partial charge in [-0.3, -0.25) is 0 Å². The van der Waals surface area contributed by atoms with Crippen LogP contribution < -0.4 is 10.1 Å². The van der Waals surface area contributed by atoms with E-state index in [1.165, 1.54) is 24.3 Å². The van der Waals surface area contributed by atoms with Crippen molar-refractivity contribution in [1.29, 1.82) is 0 Å². The quantitative estimate of drug-likeness (QED) is 0.300. The molecular formula is C19H17Cl3F2N2O3. The van der Waals surface area contributed by atoms with E-state index in [1.807, 2.05) is 0 Å². The van der Waals surface area contributed by atoms with Crippen molar-refractivity contribution in [3.8, 4) is 5.75 Å². The topological polar surface area (TPSA) is 59.9 Å². The summed E-state index contributed by atoms with van der Waals surface area (Å²) in [5.74, 6) is -0.124. The van der Waals surface area contributed by atoms with Crippen molar-refractivity contribution in [2.75, 3.05) is 5.32 Å². The normalized spacial score (nSPS) is 12.2. The Morgan fingerprint density at radius 2 is 1.72 bits per heavy atom. The first-order chi connectivity index (χ1) is 13.6. The van der Waals surface area contributed by atoms with Crippen molar-refractivity contribution >= 4 is 52.4 Å². The zero-order valence-electron chi connectivity index (χ0n) is 15.3. The van der Waals surface area contributed by atoms with Gasteiger partial charge in [0, 0.05) is 5.69 Å². The number of benzene rings is 2. The molecule has 0 heterocycles. The summed E-state index contributed by atoms with van der Waals surface area (Å²) >= 11 is 16.5. The van der Waals surface area contributed by atoms with Gasteiger partial charge in [-0.25, -0.2) is 4.79 Å². The Bertz CT molecular complexity index is 875. The molecule has 29 heavy (non-hydrogen) atoms. The number of urea groups is 1. The van der Waals surface area contributed by atoms with Crippen LogP contribution >= 0.6 is 34.8 Å². The Morgan fingerprint density at radius 3 is 2.28 bits per heavy atom. The molecule has 0 atom stereocenters. The van der Waals surface area contributed by atoms with E-state index in [1.54, 1.807) is 38.1 Å². The largest absolute Gasteiger partial charge is 0.474 e. The van der Waals surface area contributed by atoms with Crippen molar-refractivity contribution in [3.63, 3.8) is 0 Å². The van der Waals surface area contributed by atoms with E-state index >= 15 is 0 Å². The number of ether oxygens (including phenoxy) is 2. The van der Waals surface area contributed by atoms with Crippen LogP contribution in [0.15, 0.2) is 53.5 Å².